The normalized spacial score (nSPS) is 11.2. The Morgan fingerprint density at radius 3 is 2.58 bits per heavy atom. The maximum absolute atomic E-state index is 12.0. The monoisotopic (exact) mass is 385 g/mol. The van der Waals surface area contributed by atoms with Crippen LogP contribution in [0.3, 0.4) is 0 Å². The van der Waals surface area contributed by atoms with Crippen LogP contribution in [0.4, 0.5) is 0 Å². The molecule has 8 heteroatoms. The van der Waals surface area contributed by atoms with Gasteiger partial charge in [-0.25, -0.2) is 17.9 Å². The predicted octanol–water partition coefficient (Wildman–Crippen LogP) is 3.20. The molecule has 1 N–H and O–H groups in total. The molecular weight excluding hydrogens is 370 g/mol. The molecule has 24 heavy (non-hydrogen) atoms. The lowest BCUT2D eigenvalue weighted by molar-refractivity contribution is 0.0530. The number of hydrogen-bond acceptors (Lipinski definition) is 5. The van der Waals surface area contributed by atoms with E-state index in [1.165, 1.54) is 43.1 Å². The number of nitrogens with one attached hydrogen (secondary N) is 1. The number of benzene rings is 2. The van der Waals surface area contributed by atoms with Gasteiger partial charge in [-0.05, 0) is 49.5 Å². The van der Waals surface area contributed by atoms with Gasteiger partial charge in [-0.3, -0.25) is 0 Å². The van der Waals surface area contributed by atoms with E-state index in [0.29, 0.717) is 10.8 Å². The minimum absolute atomic E-state index is 0.0231. The summed E-state index contributed by atoms with van der Waals surface area (Å²) < 4.78 is 30.9. The summed E-state index contributed by atoms with van der Waals surface area (Å²) in [5.74, 6) is 0.0295. The van der Waals surface area contributed by atoms with Crippen molar-refractivity contribution < 1.29 is 17.9 Å². The van der Waals surface area contributed by atoms with Crippen LogP contribution in [0.25, 0.3) is 0 Å². The van der Waals surface area contributed by atoms with Crippen molar-refractivity contribution in [2.24, 2.45) is 0 Å². The topological polar surface area (TPSA) is 72.5 Å². The number of sulfonamides is 1. The molecule has 0 saturated heterocycles. The Bertz CT molecular complexity index is 807. The predicted molar refractivity (Wildman–Crippen MR) is 95.1 cm³/mol. The SMILES string of the molecule is CNS(=O)(=O)c1cccc(C(=O)OCCSc2ccc(Cl)cc2)c1. The zero-order valence-electron chi connectivity index (χ0n) is 12.9. The molecule has 0 unspecified atom stereocenters. The van der Waals surface area contributed by atoms with Gasteiger partial charge in [0.2, 0.25) is 10.0 Å². The highest BCUT2D eigenvalue weighted by Gasteiger charge is 2.14. The third-order valence-corrected chi connectivity index (χ3v) is 5.69. The fourth-order valence-electron chi connectivity index (χ4n) is 1.82. The Kier molecular flexibility index (Phi) is 6.68. The molecule has 0 spiro atoms. The van der Waals surface area contributed by atoms with Crippen molar-refractivity contribution in [3.63, 3.8) is 0 Å². The van der Waals surface area contributed by atoms with Crippen molar-refractivity contribution in [2.45, 2.75) is 9.79 Å². The number of halogens is 1. The molecule has 0 fully saturated rings. The van der Waals surface area contributed by atoms with Gasteiger partial charge in [-0.15, -0.1) is 11.8 Å². The molecule has 5 nitrogen and oxygen atoms in total. The molecule has 0 saturated carbocycles. The third kappa shape index (κ3) is 5.24. The van der Waals surface area contributed by atoms with E-state index in [9.17, 15) is 13.2 Å². The van der Waals surface area contributed by atoms with Crippen molar-refractivity contribution in [3.8, 4) is 0 Å². The molecule has 0 amide bonds. The molecule has 0 aliphatic rings. The second-order valence-electron chi connectivity index (χ2n) is 4.67. The number of hydrogen-bond donors (Lipinski definition) is 1. The van der Waals surface area contributed by atoms with Gasteiger partial charge in [0.15, 0.2) is 0 Å². The third-order valence-electron chi connectivity index (χ3n) is 3.05. The molecule has 2 rings (SSSR count). The second kappa shape index (κ2) is 8.53. The van der Waals surface area contributed by atoms with Crippen molar-refractivity contribution in [1.82, 2.24) is 4.72 Å². The van der Waals surface area contributed by atoms with Gasteiger partial charge in [0.25, 0.3) is 0 Å². The van der Waals surface area contributed by atoms with Crippen LogP contribution in [0.2, 0.25) is 5.02 Å². The Labute approximate surface area is 150 Å². The van der Waals surface area contributed by atoms with Crippen LogP contribution in [0.15, 0.2) is 58.3 Å². The highest BCUT2D eigenvalue weighted by Crippen LogP contribution is 2.20. The van der Waals surface area contributed by atoms with E-state index in [2.05, 4.69) is 4.72 Å². The summed E-state index contributed by atoms with van der Waals surface area (Å²) in [6.07, 6.45) is 0. The Morgan fingerprint density at radius 2 is 1.92 bits per heavy atom. The summed E-state index contributed by atoms with van der Waals surface area (Å²) in [5.41, 5.74) is 0.197. The maximum Gasteiger partial charge on any atom is 0.338 e. The highest BCUT2D eigenvalue weighted by atomic mass is 35.5. The molecule has 2 aromatic rings. The van der Waals surface area contributed by atoms with Gasteiger partial charge in [-0.2, -0.15) is 0 Å². The van der Waals surface area contributed by atoms with Crippen LogP contribution in [0.1, 0.15) is 10.4 Å². The van der Waals surface area contributed by atoms with E-state index in [-0.39, 0.29) is 17.1 Å². The van der Waals surface area contributed by atoms with Gasteiger partial charge in [0.05, 0.1) is 10.5 Å². The number of ether oxygens (including phenoxy) is 1. The average Bonchev–Trinajstić information content (AvgIpc) is 2.60. The lowest BCUT2D eigenvalue weighted by atomic mass is 10.2. The molecule has 2 aromatic carbocycles. The van der Waals surface area contributed by atoms with Crippen LogP contribution in [-0.2, 0) is 14.8 Å². The molecule has 128 valence electrons. The highest BCUT2D eigenvalue weighted by molar-refractivity contribution is 7.99. The summed E-state index contributed by atoms with van der Waals surface area (Å²) >= 11 is 7.35. The zero-order chi connectivity index (χ0) is 17.6. The van der Waals surface area contributed by atoms with Crippen molar-refractivity contribution in [2.75, 3.05) is 19.4 Å². The van der Waals surface area contributed by atoms with Crippen molar-refractivity contribution in [3.05, 3.63) is 59.1 Å². The standard InChI is InChI=1S/C16H16ClNO4S2/c1-18-24(20,21)15-4-2-3-12(11-15)16(19)22-9-10-23-14-7-5-13(17)6-8-14/h2-8,11,18H,9-10H2,1H3. The van der Waals surface area contributed by atoms with Crippen molar-refractivity contribution >= 4 is 39.4 Å². The molecule has 0 aromatic heterocycles. The maximum atomic E-state index is 12.0. The van der Waals surface area contributed by atoms with E-state index < -0.39 is 16.0 Å². The number of esters is 1. The molecule has 0 radical (unpaired) electrons. The number of rotatable bonds is 7. The first-order chi connectivity index (χ1) is 11.4. The molecule has 0 aliphatic heterocycles. The van der Waals surface area contributed by atoms with E-state index >= 15 is 0 Å². The van der Waals surface area contributed by atoms with Gasteiger partial charge < -0.3 is 4.74 Å². The first-order valence-electron chi connectivity index (χ1n) is 7.01. The summed E-state index contributed by atoms with van der Waals surface area (Å²) in [6, 6.07) is 13.1. The smallest absolute Gasteiger partial charge is 0.338 e. The molecule has 0 bridgehead atoms. The first-order valence-corrected chi connectivity index (χ1v) is 9.86. The van der Waals surface area contributed by atoms with E-state index in [4.69, 9.17) is 16.3 Å². The number of carbonyl (C=O) groups excluding carboxylic acids is 1. The van der Waals surface area contributed by atoms with E-state index in [1.54, 1.807) is 12.1 Å². The fourth-order valence-corrected chi connectivity index (χ4v) is 3.45. The Hall–Kier alpha value is -1.54. The lowest BCUT2D eigenvalue weighted by Crippen LogP contribution is -2.19. The van der Waals surface area contributed by atoms with Crippen LogP contribution in [-0.4, -0.2) is 33.8 Å². The molecule has 0 aliphatic carbocycles. The first kappa shape index (κ1) is 18.8. The number of thioether (sulfide) groups is 1. The lowest BCUT2D eigenvalue weighted by Gasteiger charge is -2.07. The summed E-state index contributed by atoms with van der Waals surface area (Å²) in [6.45, 7) is 0.217. The summed E-state index contributed by atoms with van der Waals surface area (Å²) in [7, 11) is -2.28. The average molecular weight is 386 g/mol. The number of carbonyl (C=O) groups is 1. The summed E-state index contributed by atoms with van der Waals surface area (Å²) in [5, 5.41) is 0.669. The second-order valence-corrected chi connectivity index (χ2v) is 8.16. The molecule has 0 atom stereocenters. The van der Waals surface area contributed by atoms with Crippen LogP contribution < -0.4 is 4.72 Å². The Morgan fingerprint density at radius 1 is 1.21 bits per heavy atom. The van der Waals surface area contributed by atoms with Crippen LogP contribution >= 0.6 is 23.4 Å². The molecule has 0 heterocycles. The fraction of sp³-hybridized carbons (Fsp3) is 0.188. The Balaban J connectivity index is 1.89. The minimum atomic E-state index is -3.59. The minimum Gasteiger partial charge on any atom is -0.461 e. The molecular formula is C16H16ClNO4S2. The van der Waals surface area contributed by atoms with E-state index in [0.717, 1.165) is 4.90 Å². The largest absolute Gasteiger partial charge is 0.461 e. The van der Waals surface area contributed by atoms with Gasteiger partial charge >= 0.3 is 5.97 Å². The summed E-state index contributed by atoms with van der Waals surface area (Å²) in [4.78, 5) is 13.1. The van der Waals surface area contributed by atoms with Gasteiger partial charge in [0, 0.05) is 15.7 Å². The van der Waals surface area contributed by atoms with E-state index in [1.807, 2.05) is 12.1 Å². The van der Waals surface area contributed by atoms with Crippen LogP contribution in [0, 0.1) is 0 Å². The zero-order valence-corrected chi connectivity index (χ0v) is 15.2. The quantitative estimate of drug-likeness (QED) is 0.450. The van der Waals surface area contributed by atoms with Crippen LogP contribution in [0.5, 0.6) is 0 Å². The van der Waals surface area contributed by atoms with Gasteiger partial charge in [-0.1, -0.05) is 17.7 Å². The van der Waals surface area contributed by atoms with Crippen molar-refractivity contribution in [1.29, 1.82) is 0 Å². The van der Waals surface area contributed by atoms with Gasteiger partial charge in [0.1, 0.15) is 6.61 Å².